The van der Waals surface area contributed by atoms with Crippen LogP contribution >= 0.6 is 0 Å². The van der Waals surface area contributed by atoms with Crippen LogP contribution in [0.15, 0.2) is 0 Å². The first-order chi connectivity index (χ1) is 11.8. The number of rotatable bonds is 7. The quantitative estimate of drug-likeness (QED) is 0.760. The highest BCUT2D eigenvalue weighted by Gasteiger charge is 2.39. The molecule has 1 aliphatic heterocycles. The van der Waals surface area contributed by atoms with Gasteiger partial charge in [-0.05, 0) is 83.8 Å². The molecule has 0 aromatic heterocycles. The highest BCUT2D eigenvalue weighted by Crippen LogP contribution is 2.46. The van der Waals surface area contributed by atoms with Gasteiger partial charge in [-0.2, -0.15) is 0 Å². The molecular formula is C21H38N2O2. The van der Waals surface area contributed by atoms with Crippen LogP contribution < -0.4 is 5.32 Å². The second kappa shape index (κ2) is 9.16. The molecule has 2 aliphatic rings. The predicted octanol–water partition coefficient (Wildman–Crippen LogP) is 3.79. The van der Waals surface area contributed by atoms with Gasteiger partial charge >= 0.3 is 0 Å². The number of piperidine rings is 1. The first kappa shape index (κ1) is 20.4. The van der Waals surface area contributed by atoms with Crippen molar-refractivity contribution in [2.24, 2.45) is 17.3 Å². The molecule has 2 rings (SSSR count). The number of carbonyl (C=O) groups is 2. The zero-order valence-electron chi connectivity index (χ0n) is 16.8. The molecule has 1 spiro atoms. The minimum atomic E-state index is 0.174. The Bertz CT molecular complexity index is 441. The van der Waals surface area contributed by atoms with Crippen molar-refractivity contribution in [2.75, 3.05) is 19.6 Å². The van der Waals surface area contributed by atoms with Crippen LogP contribution in [0.25, 0.3) is 0 Å². The lowest BCUT2D eigenvalue weighted by Gasteiger charge is -2.45. The van der Waals surface area contributed by atoms with Gasteiger partial charge in [0, 0.05) is 24.3 Å². The van der Waals surface area contributed by atoms with E-state index < -0.39 is 0 Å². The smallest absolute Gasteiger partial charge is 0.223 e. The SMILES string of the molecule is CC(C)NC(=O)C1CCC2(CC1)CCN(CCCC(=O)C(C)C)CC2. The van der Waals surface area contributed by atoms with Gasteiger partial charge in [0.15, 0.2) is 0 Å². The molecule has 1 saturated carbocycles. The van der Waals surface area contributed by atoms with Crippen molar-refractivity contribution < 1.29 is 9.59 Å². The van der Waals surface area contributed by atoms with Crippen molar-refractivity contribution in [1.29, 1.82) is 0 Å². The van der Waals surface area contributed by atoms with Crippen LogP contribution in [0, 0.1) is 17.3 Å². The van der Waals surface area contributed by atoms with Crippen LogP contribution in [0.5, 0.6) is 0 Å². The van der Waals surface area contributed by atoms with Gasteiger partial charge in [-0.25, -0.2) is 0 Å². The Balaban J connectivity index is 1.68. The van der Waals surface area contributed by atoms with Crippen LogP contribution in [0.1, 0.15) is 79.1 Å². The van der Waals surface area contributed by atoms with Gasteiger partial charge in [0.1, 0.15) is 5.78 Å². The molecule has 1 N–H and O–H groups in total. The fourth-order valence-corrected chi connectivity index (χ4v) is 4.41. The summed E-state index contributed by atoms with van der Waals surface area (Å²) in [6.45, 7) is 11.4. The van der Waals surface area contributed by atoms with Crippen LogP contribution in [-0.2, 0) is 9.59 Å². The van der Waals surface area contributed by atoms with E-state index in [2.05, 4.69) is 10.2 Å². The maximum absolute atomic E-state index is 12.2. The van der Waals surface area contributed by atoms with Gasteiger partial charge in [0.05, 0.1) is 0 Å². The molecule has 1 saturated heterocycles. The second-order valence-electron chi connectivity index (χ2n) is 9.00. The third-order valence-corrected chi connectivity index (χ3v) is 6.31. The van der Waals surface area contributed by atoms with Crippen LogP contribution in [0.4, 0.5) is 0 Å². The minimum Gasteiger partial charge on any atom is -0.354 e. The van der Waals surface area contributed by atoms with E-state index >= 15 is 0 Å². The third-order valence-electron chi connectivity index (χ3n) is 6.31. The van der Waals surface area contributed by atoms with Crippen LogP contribution in [0.2, 0.25) is 0 Å². The van der Waals surface area contributed by atoms with E-state index in [1.54, 1.807) is 0 Å². The van der Waals surface area contributed by atoms with E-state index in [0.717, 1.165) is 32.2 Å². The number of Topliss-reactive ketones (excluding diaryl/α,β-unsaturated/α-hetero) is 1. The molecule has 1 heterocycles. The summed E-state index contributed by atoms with van der Waals surface area (Å²) in [5.41, 5.74) is 0.485. The van der Waals surface area contributed by atoms with Crippen molar-refractivity contribution >= 4 is 11.7 Å². The summed E-state index contributed by atoms with van der Waals surface area (Å²) in [5, 5.41) is 3.08. The van der Waals surface area contributed by atoms with Crippen molar-refractivity contribution in [3.8, 4) is 0 Å². The number of ketones is 1. The summed E-state index contributed by atoms with van der Waals surface area (Å²) in [6, 6.07) is 0.245. The highest BCUT2D eigenvalue weighted by atomic mass is 16.2. The predicted molar refractivity (Wildman–Crippen MR) is 102 cm³/mol. The Morgan fingerprint density at radius 1 is 1.04 bits per heavy atom. The van der Waals surface area contributed by atoms with Crippen molar-refractivity contribution in [1.82, 2.24) is 10.2 Å². The Hall–Kier alpha value is -0.900. The summed E-state index contributed by atoms with van der Waals surface area (Å²) >= 11 is 0. The molecule has 1 amide bonds. The molecule has 4 nitrogen and oxygen atoms in total. The Labute approximate surface area is 154 Å². The first-order valence-corrected chi connectivity index (χ1v) is 10.4. The van der Waals surface area contributed by atoms with E-state index in [0.29, 0.717) is 11.2 Å². The van der Waals surface area contributed by atoms with E-state index in [1.807, 2.05) is 27.7 Å². The molecule has 0 atom stereocenters. The van der Waals surface area contributed by atoms with Crippen molar-refractivity contribution in [3.05, 3.63) is 0 Å². The Kier molecular flexibility index (Phi) is 7.48. The standard InChI is InChI=1S/C21H38N2O2/c1-16(2)19(24)6-5-13-23-14-11-21(12-15-23)9-7-18(8-10-21)20(25)22-17(3)4/h16-18H,5-15H2,1-4H3,(H,22,25). The molecular weight excluding hydrogens is 312 g/mol. The topological polar surface area (TPSA) is 49.4 Å². The maximum atomic E-state index is 12.2. The van der Waals surface area contributed by atoms with Crippen molar-refractivity contribution in [3.63, 3.8) is 0 Å². The van der Waals surface area contributed by atoms with Crippen molar-refractivity contribution in [2.45, 2.75) is 85.1 Å². The van der Waals surface area contributed by atoms with Gasteiger partial charge in [0.2, 0.25) is 5.91 Å². The molecule has 25 heavy (non-hydrogen) atoms. The van der Waals surface area contributed by atoms with Gasteiger partial charge in [-0.1, -0.05) is 13.8 Å². The minimum absolute atomic E-state index is 0.174. The Morgan fingerprint density at radius 3 is 2.16 bits per heavy atom. The molecule has 0 radical (unpaired) electrons. The normalized spacial score (nSPS) is 21.8. The molecule has 144 valence electrons. The fraction of sp³-hybridized carbons (Fsp3) is 0.905. The summed E-state index contributed by atoms with van der Waals surface area (Å²) in [5.74, 6) is 1.06. The fourth-order valence-electron chi connectivity index (χ4n) is 4.41. The van der Waals surface area contributed by atoms with E-state index in [-0.39, 0.29) is 23.8 Å². The van der Waals surface area contributed by atoms with Crippen LogP contribution in [-0.4, -0.2) is 42.3 Å². The number of amides is 1. The molecule has 1 aliphatic carbocycles. The Morgan fingerprint density at radius 2 is 1.64 bits per heavy atom. The molecule has 0 unspecified atom stereocenters. The van der Waals surface area contributed by atoms with E-state index in [9.17, 15) is 9.59 Å². The zero-order valence-corrected chi connectivity index (χ0v) is 16.8. The monoisotopic (exact) mass is 350 g/mol. The second-order valence-corrected chi connectivity index (χ2v) is 9.00. The zero-order chi connectivity index (χ0) is 18.4. The van der Waals surface area contributed by atoms with Gasteiger partial charge in [-0.3, -0.25) is 9.59 Å². The maximum Gasteiger partial charge on any atom is 0.223 e. The number of carbonyl (C=O) groups excluding carboxylic acids is 2. The summed E-state index contributed by atoms with van der Waals surface area (Å²) in [4.78, 5) is 26.5. The van der Waals surface area contributed by atoms with Gasteiger partial charge in [-0.15, -0.1) is 0 Å². The molecule has 0 aromatic rings. The lowest BCUT2D eigenvalue weighted by molar-refractivity contribution is -0.127. The molecule has 2 fully saturated rings. The first-order valence-electron chi connectivity index (χ1n) is 10.4. The van der Waals surface area contributed by atoms with Crippen LogP contribution in [0.3, 0.4) is 0 Å². The number of hydrogen-bond acceptors (Lipinski definition) is 3. The molecule has 0 bridgehead atoms. The summed E-state index contributed by atoms with van der Waals surface area (Å²) < 4.78 is 0. The van der Waals surface area contributed by atoms with E-state index in [1.165, 1.54) is 38.8 Å². The summed E-state index contributed by atoms with van der Waals surface area (Å²) in [6.07, 6.45) is 8.80. The third kappa shape index (κ3) is 6.09. The van der Waals surface area contributed by atoms with Gasteiger partial charge in [0.25, 0.3) is 0 Å². The number of nitrogens with zero attached hydrogens (tertiary/aromatic N) is 1. The lowest BCUT2D eigenvalue weighted by atomic mass is 9.65. The summed E-state index contributed by atoms with van der Waals surface area (Å²) in [7, 11) is 0. The largest absolute Gasteiger partial charge is 0.354 e. The van der Waals surface area contributed by atoms with E-state index in [4.69, 9.17) is 0 Å². The lowest BCUT2D eigenvalue weighted by Crippen LogP contribution is -2.44. The highest BCUT2D eigenvalue weighted by molar-refractivity contribution is 5.80. The molecule has 0 aromatic carbocycles. The number of nitrogens with one attached hydrogen (secondary N) is 1. The average Bonchev–Trinajstić information content (AvgIpc) is 2.56. The molecule has 4 heteroatoms. The average molecular weight is 351 g/mol. The number of hydrogen-bond donors (Lipinski definition) is 1. The number of likely N-dealkylation sites (tertiary alicyclic amines) is 1. The van der Waals surface area contributed by atoms with Gasteiger partial charge < -0.3 is 10.2 Å².